The molecule has 28 heavy (non-hydrogen) atoms. The van der Waals surface area contributed by atoms with Crippen LogP contribution >= 0.6 is 35.3 Å². The number of hydrogen-bond donors (Lipinski definition) is 2. The van der Waals surface area contributed by atoms with Crippen molar-refractivity contribution in [3.8, 4) is 0 Å². The number of morpholine rings is 1. The summed E-state index contributed by atoms with van der Waals surface area (Å²) < 4.78 is 5.54. The predicted molar refractivity (Wildman–Crippen MR) is 128 cm³/mol. The SMILES string of the molecule is CN=C(NCC1CN(C)CCN1C)NCC(c1cccs1)N1CCOCC1.I. The minimum absolute atomic E-state index is 0. The largest absolute Gasteiger partial charge is 0.379 e. The standard InChI is InChI=1S/C19H34N6OS.HI/c1-20-19(21-13-16-15-23(2)6-7-24(16)3)22-14-17(18-5-4-12-27-18)25-8-10-26-11-9-25;/h4-5,12,16-17H,6-11,13-15H2,1-3H3,(H2,20,21,22);1H. The topological polar surface area (TPSA) is 55.4 Å². The van der Waals surface area contributed by atoms with Gasteiger partial charge in [-0.2, -0.15) is 0 Å². The van der Waals surface area contributed by atoms with Crippen LogP contribution in [0.25, 0.3) is 0 Å². The van der Waals surface area contributed by atoms with E-state index < -0.39 is 0 Å². The van der Waals surface area contributed by atoms with Crippen molar-refractivity contribution in [3.63, 3.8) is 0 Å². The summed E-state index contributed by atoms with van der Waals surface area (Å²) in [4.78, 5) is 13.2. The number of guanidine groups is 1. The number of ether oxygens (including phenoxy) is 1. The highest BCUT2D eigenvalue weighted by Gasteiger charge is 2.25. The predicted octanol–water partition coefficient (Wildman–Crippen LogP) is 1.15. The molecule has 0 radical (unpaired) electrons. The highest BCUT2D eigenvalue weighted by atomic mass is 127. The summed E-state index contributed by atoms with van der Waals surface area (Å²) >= 11 is 1.83. The number of halogens is 1. The smallest absolute Gasteiger partial charge is 0.191 e. The molecule has 1 aromatic rings. The second-order valence-electron chi connectivity index (χ2n) is 7.41. The molecular weight excluding hydrogens is 487 g/mol. The van der Waals surface area contributed by atoms with Crippen molar-refractivity contribution >= 4 is 41.3 Å². The first-order chi connectivity index (χ1) is 13.2. The van der Waals surface area contributed by atoms with E-state index in [0.717, 1.165) is 65.0 Å². The van der Waals surface area contributed by atoms with Gasteiger partial charge in [-0.1, -0.05) is 6.07 Å². The molecule has 0 saturated carbocycles. The molecule has 0 aliphatic carbocycles. The van der Waals surface area contributed by atoms with Crippen LogP contribution in [-0.2, 0) is 4.74 Å². The van der Waals surface area contributed by atoms with E-state index in [4.69, 9.17) is 4.74 Å². The maximum absolute atomic E-state index is 5.54. The lowest BCUT2D eigenvalue weighted by Crippen LogP contribution is -2.55. The number of piperazine rings is 1. The number of hydrogen-bond acceptors (Lipinski definition) is 6. The van der Waals surface area contributed by atoms with Gasteiger partial charge in [-0.15, -0.1) is 35.3 Å². The Morgan fingerprint density at radius 3 is 2.71 bits per heavy atom. The molecule has 0 amide bonds. The molecule has 3 heterocycles. The first-order valence-corrected chi connectivity index (χ1v) is 10.7. The maximum Gasteiger partial charge on any atom is 0.191 e. The van der Waals surface area contributed by atoms with E-state index >= 15 is 0 Å². The van der Waals surface area contributed by atoms with Gasteiger partial charge in [0.25, 0.3) is 0 Å². The van der Waals surface area contributed by atoms with Crippen LogP contribution in [0.3, 0.4) is 0 Å². The van der Waals surface area contributed by atoms with E-state index in [-0.39, 0.29) is 24.0 Å². The Morgan fingerprint density at radius 1 is 1.25 bits per heavy atom. The Balaban J connectivity index is 0.00000280. The van der Waals surface area contributed by atoms with Gasteiger partial charge in [-0.3, -0.25) is 14.8 Å². The Hall–Kier alpha value is -0.460. The number of aliphatic imine (C=N–C) groups is 1. The Morgan fingerprint density at radius 2 is 2.04 bits per heavy atom. The third kappa shape index (κ3) is 6.81. The van der Waals surface area contributed by atoms with Gasteiger partial charge in [0.05, 0.1) is 19.3 Å². The lowest BCUT2D eigenvalue weighted by atomic mass is 10.2. The quantitative estimate of drug-likeness (QED) is 0.332. The molecule has 7 nitrogen and oxygen atoms in total. The molecule has 2 aliphatic rings. The first kappa shape index (κ1) is 23.8. The molecular formula is C19H35IN6OS. The summed E-state index contributed by atoms with van der Waals surface area (Å²) in [5.74, 6) is 0.881. The van der Waals surface area contributed by atoms with Crippen LogP contribution in [0.15, 0.2) is 22.5 Å². The molecule has 2 atom stereocenters. The average Bonchev–Trinajstić information content (AvgIpc) is 3.22. The van der Waals surface area contributed by atoms with Gasteiger partial charge in [0, 0.05) is 63.8 Å². The number of nitrogens with zero attached hydrogens (tertiary/aromatic N) is 4. The monoisotopic (exact) mass is 522 g/mol. The summed E-state index contributed by atoms with van der Waals surface area (Å²) in [6, 6.07) is 5.23. The molecule has 2 saturated heterocycles. The van der Waals surface area contributed by atoms with Crippen molar-refractivity contribution in [1.82, 2.24) is 25.3 Å². The fraction of sp³-hybridized carbons (Fsp3) is 0.737. The molecule has 9 heteroatoms. The first-order valence-electron chi connectivity index (χ1n) is 9.86. The number of rotatable bonds is 6. The molecule has 2 unspecified atom stereocenters. The Labute approximate surface area is 190 Å². The molecule has 2 fully saturated rings. The summed E-state index contributed by atoms with van der Waals surface area (Å²) in [7, 11) is 6.25. The highest BCUT2D eigenvalue weighted by Crippen LogP contribution is 2.25. The van der Waals surface area contributed by atoms with Crippen LogP contribution < -0.4 is 10.6 Å². The summed E-state index contributed by atoms with van der Waals surface area (Å²) in [6.45, 7) is 8.69. The van der Waals surface area contributed by atoms with E-state index in [2.05, 4.69) is 61.9 Å². The molecule has 2 N–H and O–H groups in total. The lowest BCUT2D eigenvalue weighted by Gasteiger charge is -2.38. The number of nitrogens with one attached hydrogen (secondary N) is 2. The van der Waals surface area contributed by atoms with Crippen molar-refractivity contribution in [1.29, 1.82) is 0 Å². The molecule has 0 bridgehead atoms. The highest BCUT2D eigenvalue weighted by molar-refractivity contribution is 14.0. The van der Waals surface area contributed by atoms with Crippen molar-refractivity contribution in [3.05, 3.63) is 22.4 Å². The zero-order valence-electron chi connectivity index (χ0n) is 17.3. The second kappa shape index (κ2) is 12.3. The molecule has 0 aromatic carbocycles. The normalized spacial score (nSPS) is 23.8. The minimum Gasteiger partial charge on any atom is -0.379 e. The van der Waals surface area contributed by atoms with E-state index in [1.165, 1.54) is 4.88 Å². The zero-order valence-corrected chi connectivity index (χ0v) is 20.4. The lowest BCUT2D eigenvalue weighted by molar-refractivity contribution is 0.0177. The van der Waals surface area contributed by atoms with Gasteiger partial charge in [-0.05, 0) is 25.5 Å². The van der Waals surface area contributed by atoms with E-state index in [1.54, 1.807) is 0 Å². The van der Waals surface area contributed by atoms with Crippen LogP contribution in [0.2, 0.25) is 0 Å². The van der Waals surface area contributed by atoms with Gasteiger partial charge < -0.3 is 20.3 Å². The van der Waals surface area contributed by atoms with Crippen molar-refractivity contribution in [2.45, 2.75) is 12.1 Å². The van der Waals surface area contributed by atoms with Crippen LogP contribution in [0, 0.1) is 0 Å². The van der Waals surface area contributed by atoms with Crippen LogP contribution in [0.5, 0.6) is 0 Å². The number of thiophene rings is 1. The molecule has 2 aliphatic heterocycles. The van der Waals surface area contributed by atoms with E-state index in [1.807, 2.05) is 18.4 Å². The third-order valence-electron chi connectivity index (χ3n) is 5.53. The fourth-order valence-corrected chi connectivity index (χ4v) is 4.59. The van der Waals surface area contributed by atoms with Gasteiger partial charge in [0.1, 0.15) is 0 Å². The van der Waals surface area contributed by atoms with Crippen LogP contribution in [0.4, 0.5) is 0 Å². The van der Waals surface area contributed by atoms with E-state index in [0.29, 0.717) is 12.1 Å². The van der Waals surface area contributed by atoms with E-state index in [9.17, 15) is 0 Å². The van der Waals surface area contributed by atoms with Gasteiger partial charge in [0.2, 0.25) is 0 Å². The molecule has 0 spiro atoms. The Kier molecular flexibility index (Phi) is 10.4. The second-order valence-corrected chi connectivity index (χ2v) is 8.39. The van der Waals surface area contributed by atoms with Crippen molar-refractivity contribution < 1.29 is 4.74 Å². The average molecular weight is 523 g/mol. The summed E-state index contributed by atoms with van der Waals surface area (Å²) in [5.41, 5.74) is 0. The third-order valence-corrected chi connectivity index (χ3v) is 6.50. The van der Waals surface area contributed by atoms with Crippen molar-refractivity contribution in [2.75, 3.05) is 80.2 Å². The summed E-state index contributed by atoms with van der Waals surface area (Å²) in [5, 5.41) is 9.23. The zero-order chi connectivity index (χ0) is 19.1. The molecule has 160 valence electrons. The maximum atomic E-state index is 5.54. The summed E-state index contributed by atoms with van der Waals surface area (Å²) in [6.07, 6.45) is 0. The van der Waals surface area contributed by atoms with Crippen LogP contribution in [0.1, 0.15) is 10.9 Å². The minimum atomic E-state index is 0. The Bertz CT molecular complexity index is 581. The van der Waals surface area contributed by atoms with Gasteiger partial charge >= 0.3 is 0 Å². The number of likely N-dealkylation sites (N-methyl/N-ethyl adjacent to an activating group) is 2. The van der Waals surface area contributed by atoms with Gasteiger partial charge in [-0.25, -0.2) is 0 Å². The fourth-order valence-electron chi connectivity index (χ4n) is 3.73. The molecule has 3 rings (SSSR count). The molecule has 1 aromatic heterocycles. The van der Waals surface area contributed by atoms with Gasteiger partial charge in [0.15, 0.2) is 5.96 Å². The van der Waals surface area contributed by atoms with Crippen molar-refractivity contribution in [2.24, 2.45) is 4.99 Å². The van der Waals surface area contributed by atoms with Crippen LogP contribution in [-0.4, -0.2) is 107 Å².